The molecule has 98 valence electrons. The summed E-state index contributed by atoms with van der Waals surface area (Å²) in [5.41, 5.74) is 1.92. The smallest absolute Gasteiger partial charge is 0.264 e. The molecule has 0 unspecified atom stereocenters. The average molecular weight is 273 g/mol. The van der Waals surface area contributed by atoms with E-state index < -0.39 is 10.0 Å². The molecule has 0 amide bonds. The van der Waals surface area contributed by atoms with Crippen molar-refractivity contribution in [3.8, 4) is 0 Å². The summed E-state index contributed by atoms with van der Waals surface area (Å²) >= 11 is 0. The molecule has 3 nitrogen and oxygen atoms in total. The molecule has 0 radical (unpaired) electrons. The Labute approximate surface area is 113 Å². The average Bonchev–Trinajstić information content (AvgIpc) is 2.47. The standard InChI is InChI=1S/C15H15NO2S/c17-19(18,14-9-2-1-3-10-14)16-12-6-8-13-7-4-5-11-15(13)16/h1-5,7,9-11H,6,8,12H2. The van der Waals surface area contributed by atoms with E-state index in [1.54, 1.807) is 24.3 Å². The molecule has 3 rings (SSSR count). The normalized spacial score (nSPS) is 15.1. The Hall–Kier alpha value is -1.81. The van der Waals surface area contributed by atoms with E-state index in [0.29, 0.717) is 11.4 Å². The number of nitrogens with zero attached hydrogens (tertiary/aromatic N) is 1. The molecule has 1 aliphatic heterocycles. The molecule has 0 fully saturated rings. The van der Waals surface area contributed by atoms with Gasteiger partial charge in [0.2, 0.25) is 0 Å². The van der Waals surface area contributed by atoms with Crippen LogP contribution in [0.5, 0.6) is 0 Å². The summed E-state index contributed by atoms with van der Waals surface area (Å²) in [6, 6.07) is 16.3. The molecule has 0 atom stereocenters. The molecule has 0 saturated heterocycles. The Balaban J connectivity index is 2.09. The predicted molar refractivity (Wildman–Crippen MR) is 75.7 cm³/mol. The Morgan fingerprint density at radius 2 is 1.58 bits per heavy atom. The van der Waals surface area contributed by atoms with E-state index in [0.717, 1.165) is 24.1 Å². The molecular formula is C15H15NO2S. The van der Waals surface area contributed by atoms with Crippen molar-refractivity contribution < 1.29 is 8.42 Å². The molecule has 0 aromatic heterocycles. The maximum atomic E-state index is 12.7. The van der Waals surface area contributed by atoms with E-state index in [1.807, 2.05) is 30.3 Å². The molecule has 4 heteroatoms. The second-order valence-electron chi connectivity index (χ2n) is 4.62. The van der Waals surface area contributed by atoms with E-state index in [4.69, 9.17) is 0 Å². The van der Waals surface area contributed by atoms with E-state index in [9.17, 15) is 8.42 Å². The second-order valence-corrected chi connectivity index (χ2v) is 6.48. The van der Waals surface area contributed by atoms with Gasteiger partial charge in [-0.3, -0.25) is 4.31 Å². The Bertz CT molecular complexity index is 680. The van der Waals surface area contributed by atoms with Gasteiger partial charge in [-0.1, -0.05) is 36.4 Å². The molecule has 1 heterocycles. The lowest BCUT2D eigenvalue weighted by molar-refractivity contribution is 0.586. The first-order valence-corrected chi connectivity index (χ1v) is 7.79. The zero-order valence-corrected chi connectivity index (χ0v) is 11.3. The van der Waals surface area contributed by atoms with Gasteiger partial charge in [0.05, 0.1) is 10.6 Å². The van der Waals surface area contributed by atoms with Crippen LogP contribution >= 0.6 is 0 Å². The Morgan fingerprint density at radius 3 is 2.37 bits per heavy atom. The highest BCUT2D eigenvalue weighted by Gasteiger charge is 2.28. The topological polar surface area (TPSA) is 37.4 Å². The number of sulfonamides is 1. The third kappa shape index (κ3) is 2.12. The first-order valence-electron chi connectivity index (χ1n) is 6.35. The van der Waals surface area contributed by atoms with Gasteiger partial charge in [-0.2, -0.15) is 0 Å². The van der Waals surface area contributed by atoms with Gasteiger partial charge in [0.25, 0.3) is 10.0 Å². The van der Waals surface area contributed by atoms with E-state index in [-0.39, 0.29) is 0 Å². The van der Waals surface area contributed by atoms with Gasteiger partial charge < -0.3 is 0 Å². The zero-order valence-electron chi connectivity index (χ0n) is 10.5. The molecule has 19 heavy (non-hydrogen) atoms. The monoisotopic (exact) mass is 273 g/mol. The van der Waals surface area contributed by atoms with Crippen molar-refractivity contribution in [3.05, 3.63) is 60.2 Å². The highest BCUT2D eigenvalue weighted by molar-refractivity contribution is 7.92. The molecule has 0 aliphatic carbocycles. The van der Waals surface area contributed by atoms with Crippen molar-refractivity contribution in [2.45, 2.75) is 17.7 Å². The Morgan fingerprint density at radius 1 is 0.895 bits per heavy atom. The van der Waals surface area contributed by atoms with Crippen LogP contribution in [0.1, 0.15) is 12.0 Å². The molecule has 2 aromatic carbocycles. The van der Waals surface area contributed by atoms with Crippen LogP contribution in [0.2, 0.25) is 0 Å². The summed E-state index contributed by atoms with van der Waals surface area (Å²) in [6.07, 6.45) is 1.81. The first kappa shape index (κ1) is 12.2. The van der Waals surface area contributed by atoms with Crippen molar-refractivity contribution in [3.63, 3.8) is 0 Å². The minimum Gasteiger partial charge on any atom is -0.266 e. The Kier molecular flexibility index (Phi) is 3.03. The largest absolute Gasteiger partial charge is 0.266 e. The van der Waals surface area contributed by atoms with Crippen molar-refractivity contribution >= 4 is 15.7 Å². The van der Waals surface area contributed by atoms with Gasteiger partial charge in [0.15, 0.2) is 0 Å². The van der Waals surface area contributed by atoms with Crippen LogP contribution in [0.25, 0.3) is 0 Å². The number of hydrogen-bond acceptors (Lipinski definition) is 2. The van der Waals surface area contributed by atoms with Gasteiger partial charge in [-0.15, -0.1) is 0 Å². The molecule has 0 spiro atoms. The number of anilines is 1. The van der Waals surface area contributed by atoms with Gasteiger partial charge in [0, 0.05) is 6.54 Å². The first-order chi connectivity index (χ1) is 9.19. The minimum atomic E-state index is -3.44. The fraction of sp³-hybridized carbons (Fsp3) is 0.200. The summed E-state index contributed by atoms with van der Waals surface area (Å²) in [7, 11) is -3.44. The van der Waals surface area contributed by atoms with Gasteiger partial charge in [-0.25, -0.2) is 8.42 Å². The number of aryl methyl sites for hydroxylation is 1. The fourth-order valence-electron chi connectivity index (χ4n) is 2.47. The zero-order chi connectivity index (χ0) is 13.3. The lowest BCUT2D eigenvalue weighted by atomic mass is 10.0. The molecule has 0 saturated carbocycles. The summed E-state index contributed by atoms with van der Waals surface area (Å²) in [6.45, 7) is 0.550. The van der Waals surface area contributed by atoms with Crippen LogP contribution in [-0.2, 0) is 16.4 Å². The fourth-order valence-corrected chi connectivity index (χ4v) is 4.03. The maximum Gasteiger partial charge on any atom is 0.264 e. The SMILES string of the molecule is O=S(=O)(c1ccccc1)N1CCCc2ccccc21. The molecule has 1 aliphatic rings. The van der Waals surface area contributed by atoms with Crippen molar-refractivity contribution in [2.24, 2.45) is 0 Å². The quantitative estimate of drug-likeness (QED) is 0.843. The summed E-state index contributed by atoms with van der Waals surface area (Å²) in [5.74, 6) is 0. The van der Waals surface area contributed by atoms with E-state index >= 15 is 0 Å². The minimum absolute atomic E-state index is 0.353. The predicted octanol–water partition coefficient (Wildman–Crippen LogP) is 2.83. The maximum absolute atomic E-state index is 12.7. The number of rotatable bonds is 2. The summed E-state index contributed by atoms with van der Waals surface area (Å²) in [5, 5.41) is 0. The number of hydrogen-bond donors (Lipinski definition) is 0. The van der Waals surface area contributed by atoms with Crippen LogP contribution < -0.4 is 4.31 Å². The third-order valence-corrected chi connectivity index (χ3v) is 5.23. The summed E-state index contributed by atoms with van der Waals surface area (Å²) in [4.78, 5) is 0.353. The van der Waals surface area contributed by atoms with Crippen molar-refractivity contribution in [2.75, 3.05) is 10.8 Å². The van der Waals surface area contributed by atoms with Crippen LogP contribution in [0.15, 0.2) is 59.5 Å². The summed E-state index contributed by atoms with van der Waals surface area (Å²) < 4.78 is 26.9. The molecular weight excluding hydrogens is 258 g/mol. The lowest BCUT2D eigenvalue weighted by Gasteiger charge is -2.30. The number of para-hydroxylation sites is 1. The van der Waals surface area contributed by atoms with Crippen LogP contribution in [0, 0.1) is 0 Å². The number of fused-ring (bicyclic) bond motifs is 1. The second kappa shape index (κ2) is 4.70. The highest BCUT2D eigenvalue weighted by atomic mass is 32.2. The van der Waals surface area contributed by atoms with Crippen LogP contribution in [0.3, 0.4) is 0 Å². The van der Waals surface area contributed by atoms with Crippen LogP contribution in [0.4, 0.5) is 5.69 Å². The van der Waals surface area contributed by atoms with Gasteiger partial charge >= 0.3 is 0 Å². The van der Waals surface area contributed by atoms with Crippen molar-refractivity contribution in [1.82, 2.24) is 0 Å². The van der Waals surface area contributed by atoms with Gasteiger partial charge in [0.1, 0.15) is 0 Å². The lowest BCUT2D eigenvalue weighted by Crippen LogP contribution is -2.35. The number of benzene rings is 2. The molecule has 2 aromatic rings. The van der Waals surface area contributed by atoms with E-state index in [1.165, 1.54) is 4.31 Å². The van der Waals surface area contributed by atoms with Crippen LogP contribution in [-0.4, -0.2) is 15.0 Å². The van der Waals surface area contributed by atoms with Crippen molar-refractivity contribution in [1.29, 1.82) is 0 Å². The van der Waals surface area contributed by atoms with Gasteiger partial charge in [-0.05, 0) is 36.6 Å². The molecule has 0 N–H and O–H groups in total. The van der Waals surface area contributed by atoms with E-state index in [2.05, 4.69) is 0 Å². The molecule has 0 bridgehead atoms. The highest BCUT2D eigenvalue weighted by Crippen LogP contribution is 2.31. The third-order valence-electron chi connectivity index (χ3n) is 3.40.